The maximum atomic E-state index is 4.02. The van der Waals surface area contributed by atoms with Crippen molar-refractivity contribution in [1.29, 1.82) is 0 Å². The summed E-state index contributed by atoms with van der Waals surface area (Å²) in [7, 11) is 0. The first-order valence-corrected chi connectivity index (χ1v) is 6.51. The molecule has 1 heterocycles. The molecule has 3 nitrogen and oxygen atoms in total. The third-order valence-electron chi connectivity index (χ3n) is 2.59. The average molecular weight is 294 g/mol. The Labute approximate surface area is 110 Å². The highest BCUT2D eigenvalue weighted by atomic mass is 79.9. The Balaban J connectivity index is 1.80. The largest absolute Gasteiger partial charge is 0.384 e. The van der Waals surface area contributed by atoms with E-state index in [0.717, 1.165) is 29.7 Å². The van der Waals surface area contributed by atoms with Gasteiger partial charge in [-0.15, -0.1) is 0 Å². The van der Waals surface area contributed by atoms with Crippen LogP contribution in [0.4, 0.5) is 5.69 Å². The number of benzene rings is 1. The minimum Gasteiger partial charge on any atom is -0.384 e. The van der Waals surface area contributed by atoms with Gasteiger partial charge in [-0.05, 0) is 47.0 Å². The van der Waals surface area contributed by atoms with E-state index < -0.39 is 0 Å². The third-order valence-corrected chi connectivity index (χ3v) is 3.28. The van der Waals surface area contributed by atoms with Crippen LogP contribution < -0.4 is 5.32 Å². The predicted octanol–water partition coefficient (Wildman–Crippen LogP) is 3.46. The van der Waals surface area contributed by atoms with Gasteiger partial charge < -0.3 is 9.88 Å². The van der Waals surface area contributed by atoms with Gasteiger partial charge in [0.05, 0.1) is 6.33 Å². The molecule has 0 unspecified atom stereocenters. The molecule has 17 heavy (non-hydrogen) atoms. The van der Waals surface area contributed by atoms with E-state index >= 15 is 0 Å². The van der Waals surface area contributed by atoms with E-state index in [-0.39, 0.29) is 0 Å². The first-order chi connectivity index (χ1) is 8.25. The molecule has 2 aromatic rings. The topological polar surface area (TPSA) is 29.9 Å². The summed E-state index contributed by atoms with van der Waals surface area (Å²) < 4.78 is 3.21. The van der Waals surface area contributed by atoms with Crippen LogP contribution in [0.15, 0.2) is 41.4 Å². The standard InChI is InChI=1S/C13H16BrN3/c1-11-3-4-12(14)13(9-11)16-5-2-7-17-8-6-15-10-17/h3-4,6,8-10,16H,2,5,7H2,1H3. The summed E-state index contributed by atoms with van der Waals surface area (Å²) in [6, 6.07) is 6.33. The Hall–Kier alpha value is -1.29. The second-order valence-corrected chi connectivity index (χ2v) is 4.92. The molecule has 0 saturated heterocycles. The summed E-state index contributed by atoms with van der Waals surface area (Å²) in [6.45, 7) is 4.06. The summed E-state index contributed by atoms with van der Waals surface area (Å²) in [5.41, 5.74) is 2.43. The van der Waals surface area contributed by atoms with Gasteiger partial charge in [-0.1, -0.05) is 6.07 Å². The van der Waals surface area contributed by atoms with E-state index in [9.17, 15) is 0 Å². The maximum absolute atomic E-state index is 4.02. The van der Waals surface area contributed by atoms with E-state index in [1.807, 2.05) is 18.7 Å². The molecular formula is C13H16BrN3. The van der Waals surface area contributed by atoms with E-state index in [1.54, 1.807) is 0 Å². The molecule has 0 aliphatic rings. The molecule has 90 valence electrons. The fourth-order valence-corrected chi connectivity index (χ4v) is 2.07. The fourth-order valence-electron chi connectivity index (χ4n) is 1.68. The molecule has 0 fully saturated rings. The molecule has 0 saturated carbocycles. The fraction of sp³-hybridized carbons (Fsp3) is 0.308. The lowest BCUT2D eigenvalue weighted by atomic mass is 10.2. The molecule has 4 heteroatoms. The molecule has 0 spiro atoms. The molecule has 0 aliphatic heterocycles. The number of aryl methyl sites for hydroxylation is 2. The molecule has 0 amide bonds. The second-order valence-electron chi connectivity index (χ2n) is 4.06. The number of hydrogen-bond acceptors (Lipinski definition) is 2. The van der Waals surface area contributed by atoms with Gasteiger partial charge in [0, 0.05) is 35.6 Å². The van der Waals surface area contributed by atoms with Crippen LogP contribution in [0.2, 0.25) is 0 Å². The van der Waals surface area contributed by atoms with E-state index in [0.29, 0.717) is 0 Å². The molecular weight excluding hydrogens is 278 g/mol. The highest BCUT2D eigenvalue weighted by molar-refractivity contribution is 9.10. The van der Waals surface area contributed by atoms with Gasteiger partial charge >= 0.3 is 0 Å². The highest BCUT2D eigenvalue weighted by Gasteiger charge is 1.98. The number of aromatic nitrogens is 2. The molecule has 0 radical (unpaired) electrons. The van der Waals surface area contributed by atoms with Gasteiger partial charge in [0.1, 0.15) is 0 Å². The van der Waals surface area contributed by atoms with Crippen molar-refractivity contribution < 1.29 is 0 Å². The number of rotatable bonds is 5. The smallest absolute Gasteiger partial charge is 0.0945 e. The average Bonchev–Trinajstić information content (AvgIpc) is 2.82. The number of hydrogen-bond donors (Lipinski definition) is 1. The summed E-state index contributed by atoms with van der Waals surface area (Å²) >= 11 is 3.54. The van der Waals surface area contributed by atoms with Gasteiger partial charge in [0.15, 0.2) is 0 Å². The van der Waals surface area contributed by atoms with Crippen molar-refractivity contribution in [3.05, 3.63) is 47.0 Å². The van der Waals surface area contributed by atoms with Gasteiger partial charge in [-0.25, -0.2) is 4.98 Å². The second kappa shape index (κ2) is 5.87. The van der Waals surface area contributed by atoms with Crippen molar-refractivity contribution >= 4 is 21.6 Å². The first kappa shape index (κ1) is 12.2. The molecule has 1 aromatic heterocycles. The predicted molar refractivity (Wildman–Crippen MR) is 74.2 cm³/mol. The SMILES string of the molecule is Cc1ccc(Br)c(NCCCn2ccnc2)c1. The third kappa shape index (κ3) is 3.60. The Morgan fingerprint density at radius 3 is 3.06 bits per heavy atom. The lowest BCUT2D eigenvalue weighted by Gasteiger charge is -2.09. The lowest BCUT2D eigenvalue weighted by molar-refractivity contribution is 0.660. The number of nitrogens with zero attached hydrogens (tertiary/aromatic N) is 2. The van der Waals surface area contributed by atoms with Crippen molar-refractivity contribution in [3.8, 4) is 0 Å². The molecule has 1 N–H and O–H groups in total. The number of anilines is 1. The number of imidazole rings is 1. The van der Waals surface area contributed by atoms with E-state index in [4.69, 9.17) is 0 Å². The molecule has 0 bridgehead atoms. The Morgan fingerprint density at radius 2 is 2.29 bits per heavy atom. The van der Waals surface area contributed by atoms with Gasteiger partial charge in [-0.3, -0.25) is 0 Å². The minimum atomic E-state index is 0.959. The van der Waals surface area contributed by atoms with Crippen LogP contribution in [0.25, 0.3) is 0 Å². The zero-order chi connectivity index (χ0) is 12.1. The number of nitrogens with one attached hydrogen (secondary N) is 1. The maximum Gasteiger partial charge on any atom is 0.0945 e. The summed E-state index contributed by atoms with van der Waals surface area (Å²) in [6.07, 6.45) is 6.73. The quantitative estimate of drug-likeness (QED) is 0.856. The lowest BCUT2D eigenvalue weighted by Crippen LogP contribution is -2.06. The van der Waals surface area contributed by atoms with Crippen LogP contribution in [0.1, 0.15) is 12.0 Å². The monoisotopic (exact) mass is 293 g/mol. The van der Waals surface area contributed by atoms with Crippen LogP contribution >= 0.6 is 15.9 Å². The molecule has 0 atom stereocenters. The van der Waals surface area contributed by atoms with Crippen molar-refractivity contribution in [1.82, 2.24) is 9.55 Å². The highest BCUT2D eigenvalue weighted by Crippen LogP contribution is 2.23. The Morgan fingerprint density at radius 1 is 1.41 bits per heavy atom. The molecule has 1 aromatic carbocycles. The van der Waals surface area contributed by atoms with Crippen LogP contribution in [0.5, 0.6) is 0 Å². The molecule has 2 rings (SSSR count). The van der Waals surface area contributed by atoms with Crippen LogP contribution in [-0.4, -0.2) is 16.1 Å². The van der Waals surface area contributed by atoms with E-state index in [1.165, 1.54) is 5.56 Å². The van der Waals surface area contributed by atoms with Crippen LogP contribution in [0.3, 0.4) is 0 Å². The zero-order valence-corrected chi connectivity index (χ0v) is 11.4. The normalized spacial score (nSPS) is 10.5. The van der Waals surface area contributed by atoms with Crippen molar-refractivity contribution in [2.75, 3.05) is 11.9 Å². The van der Waals surface area contributed by atoms with Crippen molar-refractivity contribution in [3.63, 3.8) is 0 Å². The zero-order valence-electron chi connectivity index (χ0n) is 9.86. The van der Waals surface area contributed by atoms with Gasteiger partial charge in [0.2, 0.25) is 0 Å². The summed E-state index contributed by atoms with van der Waals surface area (Å²) in [5, 5.41) is 3.44. The van der Waals surface area contributed by atoms with Gasteiger partial charge in [0.25, 0.3) is 0 Å². The Bertz CT molecular complexity index is 466. The van der Waals surface area contributed by atoms with Crippen LogP contribution in [-0.2, 0) is 6.54 Å². The first-order valence-electron chi connectivity index (χ1n) is 5.71. The Kier molecular flexibility index (Phi) is 4.20. The van der Waals surface area contributed by atoms with E-state index in [2.05, 4.69) is 55.9 Å². The minimum absolute atomic E-state index is 0.959. The van der Waals surface area contributed by atoms with Gasteiger partial charge in [-0.2, -0.15) is 0 Å². The van der Waals surface area contributed by atoms with Crippen LogP contribution in [0, 0.1) is 6.92 Å². The summed E-state index contributed by atoms with van der Waals surface area (Å²) in [4.78, 5) is 4.02. The van der Waals surface area contributed by atoms with Crippen molar-refractivity contribution in [2.45, 2.75) is 19.9 Å². The number of halogens is 1. The van der Waals surface area contributed by atoms with Crippen molar-refractivity contribution in [2.24, 2.45) is 0 Å². The summed E-state index contributed by atoms with van der Waals surface area (Å²) in [5.74, 6) is 0. The molecule has 0 aliphatic carbocycles.